The van der Waals surface area contributed by atoms with Gasteiger partial charge in [-0.1, -0.05) is 29.5 Å². The third kappa shape index (κ3) is 2.10. The van der Waals surface area contributed by atoms with Crippen molar-refractivity contribution < 1.29 is 0 Å². The molecule has 20 heavy (non-hydrogen) atoms. The van der Waals surface area contributed by atoms with E-state index in [4.69, 9.17) is 5.73 Å². The molecule has 96 valence electrons. The Bertz CT molecular complexity index is 821. The van der Waals surface area contributed by atoms with Crippen LogP contribution in [0, 0.1) is 11.3 Å². The lowest BCUT2D eigenvalue weighted by Gasteiger charge is -2.00. The number of anilines is 1. The number of benzene rings is 2. The van der Waals surface area contributed by atoms with Crippen molar-refractivity contribution in [3.8, 4) is 6.07 Å². The van der Waals surface area contributed by atoms with Gasteiger partial charge in [-0.05, 0) is 35.9 Å². The maximum atomic E-state index is 9.34. The Kier molecular flexibility index (Phi) is 2.90. The lowest BCUT2D eigenvalue weighted by molar-refractivity contribution is 0.848. The Morgan fingerprint density at radius 1 is 1.15 bits per heavy atom. The van der Waals surface area contributed by atoms with Crippen molar-refractivity contribution in [1.82, 2.24) is 15.0 Å². The molecule has 0 radical (unpaired) electrons. The van der Waals surface area contributed by atoms with Crippen molar-refractivity contribution >= 4 is 28.5 Å². The van der Waals surface area contributed by atoms with Gasteiger partial charge in [0.05, 0.1) is 5.52 Å². The number of nitrogen functional groups attached to an aromatic ring is 1. The van der Waals surface area contributed by atoms with Crippen LogP contribution in [-0.2, 0) is 0 Å². The van der Waals surface area contributed by atoms with Gasteiger partial charge in [0.1, 0.15) is 17.3 Å². The molecular formula is C15H11N5. The number of para-hydroxylation sites is 1. The first-order valence-corrected chi connectivity index (χ1v) is 6.06. The molecule has 5 nitrogen and oxygen atoms in total. The molecule has 5 heteroatoms. The van der Waals surface area contributed by atoms with E-state index in [9.17, 15) is 5.26 Å². The van der Waals surface area contributed by atoms with E-state index in [-0.39, 0.29) is 0 Å². The molecule has 3 aromatic rings. The molecule has 0 saturated heterocycles. The number of aromatic nitrogens is 3. The van der Waals surface area contributed by atoms with Gasteiger partial charge in [0.25, 0.3) is 0 Å². The maximum absolute atomic E-state index is 9.34. The van der Waals surface area contributed by atoms with Crippen LogP contribution in [0.25, 0.3) is 22.8 Å². The van der Waals surface area contributed by atoms with E-state index in [0.717, 1.165) is 16.6 Å². The summed E-state index contributed by atoms with van der Waals surface area (Å²) in [6.07, 6.45) is 1.75. The quantitative estimate of drug-likeness (QED) is 0.567. The number of hydrogen-bond acceptors (Lipinski definition) is 4. The first-order valence-electron chi connectivity index (χ1n) is 6.06. The molecule has 1 heterocycles. The summed E-state index contributed by atoms with van der Waals surface area (Å²) < 4.78 is 1.53. The van der Waals surface area contributed by atoms with Crippen molar-refractivity contribution in [2.75, 3.05) is 5.73 Å². The third-order valence-corrected chi connectivity index (χ3v) is 2.93. The highest BCUT2D eigenvalue weighted by Gasteiger charge is 2.07. The Balaban J connectivity index is 2.10. The Morgan fingerprint density at radius 3 is 2.65 bits per heavy atom. The van der Waals surface area contributed by atoms with Crippen LogP contribution in [0.5, 0.6) is 0 Å². The zero-order chi connectivity index (χ0) is 13.9. The number of hydrogen-bond donors (Lipinski definition) is 1. The van der Waals surface area contributed by atoms with Crippen LogP contribution in [0.1, 0.15) is 5.56 Å². The molecule has 0 unspecified atom stereocenters. The Morgan fingerprint density at radius 2 is 1.90 bits per heavy atom. The predicted octanol–water partition coefficient (Wildman–Crippen LogP) is 2.54. The molecule has 3 rings (SSSR count). The molecule has 0 fully saturated rings. The molecule has 0 aliphatic carbocycles. The number of rotatable bonds is 2. The molecule has 0 bridgehead atoms. The van der Waals surface area contributed by atoms with E-state index in [2.05, 4.69) is 16.4 Å². The summed E-state index contributed by atoms with van der Waals surface area (Å²) in [4.78, 5) is 0. The summed E-state index contributed by atoms with van der Waals surface area (Å²) >= 11 is 0. The number of nitrogens with zero attached hydrogens (tertiary/aromatic N) is 4. The summed E-state index contributed by atoms with van der Waals surface area (Å²) in [5.41, 5.74) is 9.18. The number of fused-ring (bicyclic) bond motifs is 1. The van der Waals surface area contributed by atoms with Gasteiger partial charge < -0.3 is 5.73 Å². The van der Waals surface area contributed by atoms with Crippen molar-refractivity contribution in [2.24, 2.45) is 0 Å². The summed E-state index contributed by atoms with van der Waals surface area (Å²) in [5, 5.41) is 17.4. The van der Waals surface area contributed by atoms with Gasteiger partial charge in [0.2, 0.25) is 0 Å². The molecule has 2 N–H and O–H groups in total. The lowest BCUT2D eigenvalue weighted by Crippen LogP contribution is -1.97. The monoisotopic (exact) mass is 261 g/mol. The molecule has 0 aliphatic heterocycles. The molecule has 0 amide bonds. The van der Waals surface area contributed by atoms with Crippen LogP contribution in [-0.4, -0.2) is 15.0 Å². The minimum atomic E-state index is 0.406. The van der Waals surface area contributed by atoms with E-state index in [1.807, 2.05) is 36.4 Å². The van der Waals surface area contributed by atoms with Gasteiger partial charge >= 0.3 is 0 Å². The first-order chi connectivity index (χ1) is 9.78. The van der Waals surface area contributed by atoms with E-state index < -0.39 is 0 Å². The van der Waals surface area contributed by atoms with Crippen LogP contribution in [0.15, 0.2) is 48.5 Å². The normalized spacial score (nSPS) is 11.4. The van der Waals surface area contributed by atoms with Crippen LogP contribution < -0.4 is 5.73 Å². The fourth-order valence-electron chi connectivity index (χ4n) is 1.94. The number of nitrogens with two attached hydrogens (primary N) is 1. The van der Waals surface area contributed by atoms with Crippen molar-refractivity contribution in [1.29, 1.82) is 5.26 Å². The second-order valence-corrected chi connectivity index (χ2v) is 4.30. The second kappa shape index (κ2) is 4.86. The fraction of sp³-hybridized carbons (Fsp3) is 0. The van der Waals surface area contributed by atoms with Crippen molar-refractivity contribution in [2.45, 2.75) is 0 Å². The Hall–Kier alpha value is -3.13. The average molecular weight is 261 g/mol. The topological polar surface area (TPSA) is 80.5 Å². The SMILES string of the molecule is N#C/C(=C\c1ccc(N)cc1)n1nnc2ccccc21. The summed E-state index contributed by atoms with van der Waals surface area (Å²) in [5.74, 6) is 0. The van der Waals surface area contributed by atoms with Gasteiger partial charge in [-0.15, -0.1) is 5.10 Å². The molecule has 0 aliphatic rings. The van der Waals surface area contributed by atoms with E-state index in [1.54, 1.807) is 18.2 Å². The van der Waals surface area contributed by atoms with Crippen molar-refractivity contribution in [3.63, 3.8) is 0 Å². The van der Waals surface area contributed by atoms with Crippen LogP contribution >= 0.6 is 0 Å². The van der Waals surface area contributed by atoms with Gasteiger partial charge in [-0.25, -0.2) is 4.68 Å². The summed E-state index contributed by atoms with van der Waals surface area (Å²) in [7, 11) is 0. The molecule has 0 spiro atoms. The zero-order valence-electron chi connectivity index (χ0n) is 10.6. The van der Waals surface area contributed by atoms with Crippen molar-refractivity contribution in [3.05, 3.63) is 54.1 Å². The number of nitriles is 1. The predicted molar refractivity (Wildman–Crippen MR) is 78.2 cm³/mol. The zero-order valence-corrected chi connectivity index (χ0v) is 10.6. The van der Waals surface area contributed by atoms with E-state index in [0.29, 0.717) is 11.4 Å². The van der Waals surface area contributed by atoms with Gasteiger partial charge in [0, 0.05) is 5.69 Å². The molecule has 0 atom stereocenters. The van der Waals surface area contributed by atoms with Gasteiger partial charge in [0.15, 0.2) is 0 Å². The average Bonchev–Trinajstić information content (AvgIpc) is 2.91. The fourth-order valence-corrected chi connectivity index (χ4v) is 1.94. The minimum Gasteiger partial charge on any atom is -0.399 e. The first kappa shape index (κ1) is 11.9. The van der Waals surface area contributed by atoms with Gasteiger partial charge in [-0.2, -0.15) is 5.26 Å². The van der Waals surface area contributed by atoms with E-state index >= 15 is 0 Å². The molecular weight excluding hydrogens is 250 g/mol. The maximum Gasteiger partial charge on any atom is 0.145 e. The highest BCUT2D eigenvalue weighted by molar-refractivity contribution is 5.86. The lowest BCUT2D eigenvalue weighted by atomic mass is 10.2. The standard InChI is InChI=1S/C15H11N5/c16-10-13(9-11-5-7-12(17)8-6-11)20-15-4-2-1-3-14(15)18-19-20/h1-9H,17H2/b13-9+. The van der Waals surface area contributed by atoms with Crippen LogP contribution in [0.4, 0.5) is 5.69 Å². The third-order valence-electron chi connectivity index (χ3n) is 2.93. The summed E-state index contributed by atoms with van der Waals surface area (Å²) in [6, 6.07) is 17.0. The van der Waals surface area contributed by atoms with Crippen LogP contribution in [0.2, 0.25) is 0 Å². The minimum absolute atomic E-state index is 0.406. The largest absolute Gasteiger partial charge is 0.399 e. The highest BCUT2D eigenvalue weighted by Crippen LogP contribution is 2.17. The van der Waals surface area contributed by atoms with E-state index in [1.165, 1.54) is 4.68 Å². The Labute approximate surface area is 115 Å². The smallest absolute Gasteiger partial charge is 0.145 e. The van der Waals surface area contributed by atoms with Gasteiger partial charge in [-0.3, -0.25) is 0 Å². The highest BCUT2D eigenvalue weighted by atomic mass is 15.4. The molecule has 0 saturated carbocycles. The second-order valence-electron chi connectivity index (χ2n) is 4.30. The van der Waals surface area contributed by atoms with Crippen LogP contribution in [0.3, 0.4) is 0 Å². The molecule has 2 aromatic carbocycles. The molecule has 1 aromatic heterocycles. The summed E-state index contributed by atoms with van der Waals surface area (Å²) in [6.45, 7) is 0. The number of allylic oxidation sites excluding steroid dienone is 1.